The van der Waals surface area contributed by atoms with E-state index in [2.05, 4.69) is 29.2 Å². The van der Waals surface area contributed by atoms with Crippen LogP contribution in [0.15, 0.2) is 30.3 Å². The minimum absolute atomic E-state index is 0.114. The molecule has 1 aliphatic carbocycles. The monoisotopic (exact) mass is 314 g/mol. The molecule has 124 valence electrons. The van der Waals surface area contributed by atoms with Crippen molar-refractivity contribution in [1.29, 1.82) is 0 Å². The van der Waals surface area contributed by atoms with Crippen LogP contribution in [0.1, 0.15) is 24.8 Å². The first kappa shape index (κ1) is 15.2. The van der Waals surface area contributed by atoms with Crippen molar-refractivity contribution < 1.29 is 9.90 Å². The second-order valence-corrected chi connectivity index (χ2v) is 7.70. The van der Waals surface area contributed by atoms with Crippen molar-refractivity contribution in [1.82, 2.24) is 9.80 Å². The smallest absolute Gasteiger partial charge is 0.225 e. The Hall–Kier alpha value is -1.39. The first-order valence-corrected chi connectivity index (χ1v) is 8.86. The standard InChI is InChI=1S/C19H26N2O2/c22-14-19-12-20(10-15-4-2-1-3-5-15)11-17(19)8-9-21(13-19)18(23)16-6-7-16/h1-5,16-17,22H,6-14H2/t17-,19-/m0/s1. The number of nitrogens with zero attached hydrogens (tertiary/aromatic N) is 2. The fourth-order valence-electron chi connectivity index (χ4n) is 4.46. The molecule has 1 amide bonds. The molecule has 4 heteroatoms. The van der Waals surface area contributed by atoms with Gasteiger partial charge in [-0.2, -0.15) is 0 Å². The predicted octanol–water partition coefficient (Wildman–Crippen LogP) is 1.74. The topological polar surface area (TPSA) is 43.8 Å². The number of likely N-dealkylation sites (tertiary alicyclic amines) is 2. The minimum Gasteiger partial charge on any atom is -0.396 e. The highest BCUT2D eigenvalue weighted by molar-refractivity contribution is 5.81. The molecule has 3 aliphatic rings. The van der Waals surface area contributed by atoms with E-state index in [9.17, 15) is 9.90 Å². The van der Waals surface area contributed by atoms with Crippen LogP contribution in [0.3, 0.4) is 0 Å². The van der Waals surface area contributed by atoms with Crippen molar-refractivity contribution in [3.63, 3.8) is 0 Å². The van der Waals surface area contributed by atoms with E-state index in [1.54, 1.807) is 0 Å². The largest absolute Gasteiger partial charge is 0.396 e. The fraction of sp³-hybridized carbons (Fsp3) is 0.632. The summed E-state index contributed by atoms with van der Waals surface area (Å²) >= 11 is 0. The summed E-state index contributed by atoms with van der Waals surface area (Å²) in [6.45, 7) is 4.70. The van der Waals surface area contributed by atoms with Crippen molar-refractivity contribution >= 4 is 5.91 Å². The van der Waals surface area contributed by atoms with E-state index in [-0.39, 0.29) is 17.9 Å². The molecule has 2 aliphatic heterocycles. The van der Waals surface area contributed by atoms with Crippen LogP contribution in [0.4, 0.5) is 0 Å². The third kappa shape index (κ3) is 2.90. The van der Waals surface area contributed by atoms with Gasteiger partial charge in [-0.3, -0.25) is 9.69 Å². The van der Waals surface area contributed by atoms with Crippen molar-refractivity contribution in [2.45, 2.75) is 25.8 Å². The highest BCUT2D eigenvalue weighted by atomic mass is 16.3. The number of hydrogen-bond acceptors (Lipinski definition) is 3. The molecule has 2 atom stereocenters. The highest BCUT2D eigenvalue weighted by Crippen LogP contribution is 2.43. The van der Waals surface area contributed by atoms with E-state index in [0.717, 1.165) is 52.0 Å². The van der Waals surface area contributed by atoms with Gasteiger partial charge in [0, 0.05) is 44.1 Å². The molecule has 0 unspecified atom stereocenters. The fourth-order valence-corrected chi connectivity index (χ4v) is 4.46. The van der Waals surface area contributed by atoms with Gasteiger partial charge in [0.15, 0.2) is 0 Å². The summed E-state index contributed by atoms with van der Waals surface area (Å²) in [6, 6.07) is 10.5. The van der Waals surface area contributed by atoms with E-state index in [1.807, 2.05) is 11.0 Å². The zero-order valence-electron chi connectivity index (χ0n) is 13.7. The van der Waals surface area contributed by atoms with Crippen LogP contribution >= 0.6 is 0 Å². The minimum atomic E-state index is -0.114. The molecule has 0 radical (unpaired) electrons. The Morgan fingerprint density at radius 2 is 1.96 bits per heavy atom. The molecule has 1 N–H and O–H groups in total. The van der Waals surface area contributed by atoms with Crippen LogP contribution in [0, 0.1) is 17.3 Å². The van der Waals surface area contributed by atoms with Crippen molar-refractivity contribution in [3.05, 3.63) is 35.9 Å². The van der Waals surface area contributed by atoms with E-state index in [1.165, 1.54) is 5.56 Å². The number of hydrogen-bond donors (Lipinski definition) is 1. The summed E-state index contributed by atoms with van der Waals surface area (Å²) in [7, 11) is 0. The summed E-state index contributed by atoms with van der Waals surface area (Å²) in [5, 5.41) is 10.1. The Morgan fingerprint density at radius 1 is 1.17 bits per heavy atom. The average Bonchev–Trinajstić information content (AvgIpc) is 3.36. The number of benzene rings is 1. The Kier molecular flexibility index (Phi) is 3.90. The van der Waals surface area contributed by atoms with E-state index >= 15 is 0 Å². The quantitative estimate of drug-likeness (QED) is 0.921. The number of amides is 1. The second-order valence-electron chi connectivity index (χ2n) is 7.70. The van der Waals surface area contributed by atoms with Gasteiger partial charge in [-0.15, -0.1) is 0 Å². The lowest BCUT2D eigenvalue weighted by molar-refractivity contribution is -0.137. The molecule has 1 aromatic rings. The Bertz CT molecular complexity index is 572. The molecule has 0 spiro atoms. The van der Waals surface area contributed by atoms with E-state index in [0.29, 0.717) is 11.8 Å². The van der Waals surface area contributed by atoms with Crippen LogP contribution in [0.25, 0.3) is 0 Å². The summed E-state index contributed by atoms with van der Waals surface area (Å²) in [6.07, 6.45) is 3.15. The molecule has 1 aromatic carbocycles. The van der Waals surface area contributed by atoms with Gasteiger partial charge in [-0.05, 0) is 30.7 Å². The third-order valence-corrected chi connectivity index (χ3v) is 5.94. The summed E-state index contributed by atoms with van der Waals surface area (Å²) in [4.78, 5) is 16.9. The van der Waals surface area contributed by atoms with Gasteiger partial charge in [0.25, 0.3) is 0 Å². The van der Waals surface area contributed by atoms with Gasteiger partial charge in [-0.25, -0.2) is 0 Å². The number of rotatable bonds is 4. The summed E-state index contributed by atoms with van der Waals surface area (Å²) in [5.41, 5.74) is 1.21. The second kappa shape index (κ2) is 5.91. The predicted molar refractivity (Wildman–Crippen MR) is 88.6 cm³/mol. The molecule has 0 bridgehead atoms. The lowest BCUT2D eigenvalue weighted by Gasteiger charge is -2.43. The summed E-state index contributed by atoms with van der Waals surface area (Å²) in [5.74, 6) is 1.13. The maximum atomic E-state index is 12.4. The zero-order chi connectivity index (χ0) is 15.9. The number of carbonyl (C=O) groups excluding carboxylic acids is 1. The summed E-state index contributed by atoms with van der Waals surface area (Å²) < 4.78 is 0. The Balaban J connectivity index is 1.46. The Morgan fingerprint density at radius 3 is 2.65 bits per heavy atom. The lowest BCUT2D eigenvalue weighted by Crippen LogP contribution is -2.53. The molecule has 4 rings (SSSR count). The lowest BCUT2D eigenvalue weighted by atomic mass is 9.74. The molecular weight excluding hydrogens is 288 g/mol. The van der Waals surface area contributed by atoms with Crippen molar-refractivity contribution in [2.24, 2.45) is 17.3 Å². The van der Waals surface area contributed by atoms with Gasteiger partial charge in [0.2, 0.25) is 5.91 Å². The highest BCUT2D eigenvalue weighted by Gasteiger charge is 2.51. The van der Waals surface area contributed by atoms with E-state index < -0.39 is 0 Å². The molecule has 1 saturated carbocycles. The average molecular weight is 314 g/mol. The van der Waals surface area contributed by atoms with Crippen molar-refractivity contribution in [2.75, 3.05) is 32.8 Å². The van der Waals surface area contributed by atoms with Crippen LogP contribution in [0.2, 0.25) is 0 Å². The number of piperidine rings is 1. The molecule has 3 fully saturated rings. The first-order chi connectivity index (χ1) is 11.2. The number of aliphatic hydroxyl groups excluding tert-OH is 1. The number of fused-ring (bicyclic) bond motifs is 1. The van der Waals surface area contributed by atoms with Gasteiger partial charge in [0.1, 0.15) is 0 Å². The Labute approximate surface area is 138 Å². The maximum absolute atomic E-state index is 12.4. The molecule has 2 saturated heterocycles. The van der Waals surface area contributed by atoms with Gasteiger partial charge in [0.05, 0.1) is 6.61 Å². The number of aliphatic hydroxyl groups is 1. The number of carbonyl (C=O) groups is 1. The molecule has 4 nitrogen and oxygen atoms in total. The first-order valence-electron chi connectivity index (χ1n) is 8.86. The molecule has 23 heavy (non-hydrogen) atoms. The third-order valence-electron chi connectivity index (χ3n) is 5.94. The van der Waals surface area contributed by atoms with Crippen LogP contribution in [0.5, 0.6) is 0 Å². The van der Waals surface area contributed by atoms with Crippen LogP contribution in [-0.2, 0) is 11.3 Å². The molecular formula is C19H26N2O2. The maximum Gasteiger partial charge on any atom is 0.225 e. The van der Waals surface area contributed by atoms with Gasteiger partial charge < -0.3 is 10.0 Å². The van der Waals surface area contributed by atoms with Gasteiger partial charge in [-0.1, -0.05) is 30.3 Å². The molecule has 2 heterocycles. The van der Waals surface area contributed by atoms with Gasteiger partial charge >= 0.3 is 0 Å². The van der Waals surface area contributed by atoms with Crippen molar-refractivity contribution in [3.8, 4) is 0 Å². The normalized spacial score (nSPS) is 31.2. The van der Waals surface area contributed by atoms with E-state index in [4.69, 9.17) is 0 Å². The zero-order valence-corrected chi connectivity index (χ0v) is 13.7. The SMILES string of the molecule is O=C(C1CC1)N1CC[C@H]2CN(Cc3ccccc3)C[C@@]2(CO)C1. The molecule has 0 aromatic heterocycles. The van der Waals surface area contributed by atoms with Crippen LogP contribution in [-0.4, -0.2) is 53.6 Å². The van der Waals surface area contributed by atoms with Crippen LogP contribution < -0.4 is 0 Å².